The molecule has 1 aliphatic heterocycles. The van der Waals surface area contributed by atoms with Crippen molar-refractivity contribution >= 4 is 12.4 Å². The molecule has 2 nitrogen and oxygen atoms in total. The summed E-state index contributed by atoms with van der Waals surface area (Å²) in [6.07, 6.45) is 5.59. The third kappa shape index (κ3) is 3.08. The van der Waals surface area contributed by atoms with Crippen molar-refractivity contribution in [2.24, 2.45) is 17.1 Å². The van der Waals surface area contributed by atoms with E-state index in [0.717, 1.165) is 12.5 Å². The van der Waals surface area contributed by atoms with E-state index in [0.29, 0.717) is 11.5 Å². The average molecular weight is 233 g/mol. The van der Waals surface area contributed by atoms with Crippen LogP contribution in [0.4, 0.5) is 0 Å². The highest BCUT2D eigenvalue weighted by Gasteiger charge is 2.41. The van der Waals surface area contributed by atoms with Crippen LogP contribution in [0.1, 0.15) is 39.5 Å². The number of nitrogens with zero attached hydrogens (tertiary/aromatic N) is 1. The average Bonchev–Trinajstić information content (AvgIpc) is 2.84. The van der Waals surface area contributed by atoms with Crippen molar-refractivity contribution < 1.29 is 0 Å². The molecule has 1 heterocycles. The maximum atomic E-state index is 5.88. The Kier molecular flexibility index (Phi) is 4.45. The van der Waals surface area contributed by atoms with E-state index in [2.05, 4.69) is 18.7 Å². The lowest BCUT2D eigenvalue weighted by Gasteiger charge is -2.40. The van der Waals surface area contributed by atoms with Crippen molar-refractivity contribution in [1.82, 2.24) is 4.90 Å². The molecular weight excluding hydrogens is 208 g/mol. The number of hydrogen-bond acceptors (Lipinski definition) is 2. The molecule has 0 spiro atoms. The first-order valence-electron chi connectivity index (χ1n) is 6.09. The second-order valence-electron chi connectivity index (χ2n) is 5.70. The third-order valence-corrected chi connectivity index (χ3v) is 4.16. The largest absolute Gasteiger partial charge is 0.329 e. The van der Waals surface area contributed by atoms with Crippen LogP contribution in [-0.4, -0.2) is 30.6 Å². The van der Waals surface area contributed by atoms with E-state index in [9.17, 15) is 0 Å². The Balaban J connectivity index is 0.00000112. The van der Waals surface area contributed by atoms with Crippen LogP contribution in [-0.2, 0) is 0 Å². The molecule has 0 radical (unpaired) electrons. The molecule has 2 N–H and O–H groups in total. The van der Waals surface area contributed by atoms with Crippen molar-refractivity contribution in [3.8, 4) is 0 Å². The molecule has 1 saturated carbocycles. The summed E-state index contributed by atoms with van der Waals surface area (Å²) in [5, 5.41) is 0. The molecule has 15 heavy (non-hydrogen) atoms. The van der Waals surface area contributed by atoms with E-state index >= 15 is 0 Å². The molecule has 0 aromatic rings. The van der Waals surface area contributed by atoms with Gasteiger partial charge in [0.1, 0.15) is 0 Å². The van der Waals surface area contributed by atoms with Crippen LogP contribution in [0.5, 0.6) is 0 Å². The van der Waals surface area contributed by atoms with Crippen LogP contribution >= 0.6 is 12.4 Å². The summed E-state index contributed by atoms with van der Waals surface area (Å²) >= 11 is 0. The fraction of sp³-hybridized carbons (Fsp3) is 1.00. The summed E-state index contributed by atoms with van der Waals surface area (Å²) < 4.78 is 0. The Morgan fingerprint density at radius 1 is 1.40 bits per heavy atom. The minimum absolute atomic E-state index is 0. The van der Waals surface area contributed by atoms with Gasteiger partial charge in [0.25, 0.3) is 0 Å². The minimum atomic E-state index is 0. The molecule has 2 atom stereocenters. The highest BCUT2D eigenvalue weighted by atomic mass is 35.5. The molecule has 0 amide bonds. The molecule has 90 valence electrons. The van der Waals surface area contributed by atoms with Gasteiger partial charge in [0.05, 0.1) is 0 Å². The van der Waals surface area contributed by atoms with Gasteiger partial charge in [0, 0.05) is 19.1 Å². The van der Waals surface area contributed by atoms with Gasteiger partial charge >= 0.3 is 0 Å². The summed E-state index contributed by atoms with van der Waals surface area (Å²) in [4.78, 5) is 2.65. The van der Waals surface area contributed by atoms with Crippen LogP contribution in [0.2, 0.25) is 0 Å². The number of halogens is 1. The van der Waals surface area contributed by atoms with Crippen molar-refractivity contribution in [3.63, 3.8) is 0 Å². The molecular formula is C12H25ClN2. The van der Waals surface area contributed by atoms with E-state index in [-0.39, 0.29) is 12.4 Å². The van der Waals surface area contributed by atoms with Gasteiger partial charge in [0.15, 0.2) is 0 Å². The number of likely N-dealkylation sites (tertiary alicyclic amines) is 1. The summed E-state index contributed by atoms with van der Waals surface area (Å²) in [5.74, 6) is 0.802. The van der Waals surface area contributed by atoms with Crippen LogP contribution in [0, 0.1) is 11.3 Å². The first-order chi connectivity index (χ1) is 6.64. The molecule has 0 bridgehead atoms. The van der Waals surface area contributed by atoms with Crippen molar-refractivity contribution in [1.29, 1.82) is 0 Å². The van der Waals surface area contributed by atoms with Gasteiger partial charge in [-0.05, 0) is 43.6 Å². The number of hydrogen-bond donors (Lipinski definition) is 1. The van der Waals surface area contributed by atoms with Gasteiger partial charge in [-0.25, -0.2) is 0 Å². The lowest BCUT2D eigenvalue weighted by atomic mass is 9.90. The Morgan fingerprint density at radius 3 is 2.60 bits per heavy atom. The maximum Gasteiger partial charge on any atom is 0.0244 e. The number of rotatable bonds is 3. The van der Waals surface area contributed by atoms with Gasteiger partial charge in [-0.2, -0.15) is 0 Å². The summed E-state index contributed by atoms with van der Waals surface area (Å²) in [6.45, 7) is 8.19. The highest BCUT2D eigenvalue weighted by molar-refractivity contribution is 5.85. The molecule has 0 aromatic carbocycles. The van der Waals surface area contributed by atoms with Crippen LogP contribution in [0.3, 0.4) is 0 Å². The van der Waals surface area contributed by atoms with E-state index < -0.39 is 0 Å². The monoisotopic (exact) mass is 232 g/mol. The fourth-order valence-corrected chi connectivity index (χ4v) is 2.77. The lowest BCUT2D eigenvalue weighted by molar-refractivity contribution is 0.0869. The molecule has 0 aromatic heterocycles. The van der Waals surface area contributed by atoms with Crippen LogP contribution < -0.4 is 5.73 Å². The van der Waals surface area contributed by atoms with Crippen molar-refractivity contribution in [2.45, 2.75) is 45.6 Å². The van der Waals surface area contributed by atoms with Crippen LogP contribution in [0.15, 0.2) is 0 Å². The topological polar surface area (TPSA) is 29.3 Å². The lowest BCUT2D eigenvalue weighted by Crippen LogP contribution is -2.50. The van der Waals surface area contributed by atoms with Gasteiger partial charge in [-0.1, -0.05) is 13.8 Å². The maximum absolute atomic E-state index is 5.88. The number of piperidine rings is 1. The smallest absolute Gasteiger partial charge is 0.0244 e. The zero-order valence-corrected chi connectivity index (χ0v) is 10.9. The normalized spacial score (nSPS) is 34.6. The summed E-state index contributed by atoms with van der Waals surface area (Å²) in [5.41, 5.74) is 6.52. The zero-order valence-electron chi connectivity index (χ0n) is 10.0. The molecule has 2 fully saturated rings. The van der Waals surface area contributed by atoms with Crippen molar-refractivity contribution in [3.05, 3.63) is 0 Å². The molecule has 1 saturated heterocycles. The van der Waals surface area contributed by atoms with Gasteiger partial charge in [0.2, 0.25) is 0 Å². The quantitative estimate of drug-likeness (QED) is 0.809. The summed E-state index contributed by atoms with van der Waals surface area (Å²) in [6, 6.07) is 0.654. The standard InChI is InChI=1S/C12H24N2.ClH/c1-10-4-3-7-14(11(10)8-13)9-12(2)5-6-12;/h10-11H,3-9,13H2,1-2H3;1H. The van der Waals surface area contributed by atoms with Gasteiger partial charge in [-0.3, -0.25) is 4.90 Å². The third-order valence-electron chi connectivity index (χ3n) is 4.16. The first-order valence-corrected chi connectivity index (χ1v) is 6.09. The molecule has 2 rings (SSSR count). The Labute approximate surface area is 100.0 Å². The molecule has 3 heteroatoms. The second kappa shape index (κ2) is 5.03. The van der Waals surface area contributed by atoms with E-state index in [4.69, 9.17) is 5.73 Å². The van der Waals surface area contributed by atoms with Gasteiger partial charge in [-0.15, -0.1) is 12.4 Å². The van der Waals surface area contributed by atoms with E-state index in [1.807, 2.05) is 0 Å². The molecule has 2 unspecified atom stereocenters. The SMILES string of the molecule is CC1CCCN(CC2(C)CC2)C1CN.Cl. The van der Waals surface area contributed by atoms with Crippen LogP contribution in [0.25, 0.3) is 0 Å². The Hall–Kier alpha value is 0.210. The summed E-state index contributed by atoms with van der Waals surface area (Å²) in [7, 11) is 0. The Bertz CT molecular complexity index is 204. The van der Waals surface area contributed by atoms with E-state index in [1.165, 1.54) is 38.8 Å². The Morgan fingerprint density at radius 2 is 2.07 bits per heavy atom. The fourth-order valence-electron chi connectivity index (χ4n) is 2.77. The van der Waals surface area contributed by atoms with Crippen molar-refractivity contribution in [2.75, 3.05) is 19.6 Å². The molecule has 2 aliphatic rings. The second-order valence-corrected chi connectivity index (χ2v) is 5.70. The minimum Gasteiger partial charge on any atom is -0.329 e. The highest BCUT2D eigenvalue weighted by Crippen LogP contribution is 2.46. The molecule has 1 aliphatic carbocycles. The number of nitrogens with two attached hydrogens (primary N) is 1. The predicted octanol–water partition coefficient (Wildman–Crippen LogP) is 2.27. The van der Waals surface area contributed by atoms with E-state index in [1.54, 1.807) is 0 Å². The predicted molar refractivity (Wildman–Crippen MR) is 67.4 cm³/mol. The van der Waals surface area contributed by atoms with Gasteiger partial charge < -0.3 is 5.73 Å². The zero-order chi connectivity index (χ0) is 10.2. The first kappa shape index (κ1) is 13.3.